The first kappa shape index (κ1) is 15.0. The van der Waals surface area contributed by atoms with E-state index in [1.807, 2.05) is 6.07 Å². The van der Waals surface area contributed by atoms with E-state index < -0.39 is 0 Å². The van der Waals surface area contributed by atoms with Gasteiger partial charge >= 0.3 is 0 Å². The summed E-state index contributed by atoms with van der Waals surface area (Å²) in [4.78, 5) is 5.55. The molecule has 0 aromatic carbocycles. The lowest BCUT2D eigenvalue weighted by atomic mass is 10.5. The third kappa shape index (κ3) is 6.02. The van der Waals surface area contributed by atoms with Gasteiger partial charge in [0.15, 0.2) is 0 Å². The molecule has 1 aromatic rings. The smallest absolute Gasteiger partial charge is 0.110 e. The predicted molar refractivity (Wildman–Crippen MR) is 78.0 cm³/mol. The molecule has 0 bridgehead atoms. The van der Waals surface area contributed by atoms with Gasteiger partial charge in [0.25, 0.3) is 0 Å². The minimum absolute atomic E-state index is 0.647. The Morgan fingerprint density at radius 3 is 2.44 bits per heavy atom. The van der Waals surface area contributed by atoms with E-state index in [0.717, 1.165) is 16.5 Å². The molecule has 0 saturated carbocycles. The molecular formula is C13H17NO2S2. The molecule has 98 valence electrons. The fourth-order valence-corrected chi connectivity index (χ4v) is 2.97. The molecule has 0 saturated heterocycles. The Hall–Kier alpha value is -1.07. The Morgan fingerprint density at radius 1 is 1.11 bits per heavy atom. The van der Waals surface area contributed by atoms with Crippen LogP contribution in [-0.2, 0) is 9.47 Å². The second-order valence-corrected chi connectivity index (χ2v) is 5.30. The van der Waals surface area contributed by atoms with Crippen molar-refractivity contribution in [1.29, 1.82) is 0 Å². The maximum Gasteiger partial charge on any atom is 0.110 e. The minimum atomic E-state index is 0.647. The molecule has 0 fully saturated rings. The average Bonchev–Trinajstić information content (AvgIpc) is 2.41. The van der Waals surface area contributed by atoms with Crippen LogP contribution in [0.1, 0.15) is 0 Å². The first-order valence-electron chi connectivity index (χ1n) is 5.54. The largest absolute Gasteiger partial charge is 0.501 e. The lowest BCUT2D eigenvalue weighted by Gasteiger charge is -2.07. The highest BCUT2D eigenvalue weighted by Gasteiger charge is 2.04. The number of hydrogen-bond donors (Lipinski definition) is 0. The standard InChI is InChI=1S/C13H17NO2S2/c1-3-15-8-10-17-12-6-5-7-14-13(12)18-11-9-16-4-2/h3-7H,1-2,8-11H2. The zero-order valence-corrected chi connectivity index (χ0v) is 11.8. The van der Waals surface area contributed by atoms with Crippen molar-refractivity contribution in [3.8, 4) is 0 Å². The van der Waals surface area contributed by atoms with Crippen molar-refractivity contribution in [3.05, 3.63) is 44.0 Å². The van der Waals surface area contributed by atoms with Crippen LogP contribution in [-0.4, -0.2) is 29.7 Å². The van der Waals surface area contributed by atoms with Crippen molar-refractivity contribution in [2.45, 2.75) is 9.92 Å². The van der Waals surface area contributed by atoms with E-state index in [9.17, 15) is 0 Å². The first-order valence-corrected chi connectivity index (χ1v) is 7.51. The Bertz CT molecular complexity index is 337. The van der Waals surface area contributed by atoms with Crippen molar-refractivity contribution < 1.29 is 9.47 Å². The van der Waals surface area contributed by atoms with Gasteiger partial charge in [0.05, 0.1) is 25.7 Å². The van der Waals surface area contributed by atoms with Crippen LogP contribution < -0.4 is 0 Å². The molecular weight excluding hydrogens is 266 g/mol. The number of rotatable bonds is 10. The highest BCUT2D eigenvalue weighted by atomic mass is 32.2. The molecule has 1 heterocycles. The van der Waals surface area contributed by atoms with E-state index >= 15 is 0 Å². The normalized spacial score (nSPS) is 9.78. The highest BCUT2D eigenvalue weighted by molar-refractivity contribution is 8.02. The van der Waals surface area contributed by atoms with Gasteiger partial charge in [-0.25, -0.2) is 4.98 Å². The van der Waals surface area contributed by atoms with E-state index in [0.29, 0.717) is 13.2 Å². The maximum atomic E-state index is 5.09. The maximum absolute atomic E-state index is 5.09. The summed E-state index contributed by atoms with van der Waals surface area (Å²) in [5.41, 5.74) is 0. The minimum Gasteiger partial charge on any atom is -0.501 e. The molecule has 0 aliphatic rings. The van der Waals surface area contributed by atoms with Crippen LogP contribution in [0.5, 0.6) is 0 Å². The van der Waals surface area contributed by atoms with Crippen LogP contribution in [0.4, 0.5) is 0 Å². The molecule has 5 heteroatoms. The SMILES string of the molecule is C=COCCSc1cccnc1SCCOC=C. The lowest BCUT2D eigenvalue weighted by molar-refractivity contribution is 0.273. The average molecular weight is 283 g/mol. The van der Waals surface area contributed by atoms with E-state index in [4.69, 9.17) is 9.47 Å². The quantitative estimate of drug-likeness (QED) is 0.372. The van der Waals surface area contributed by atoms with Gasteiger partial charge in [0, 0.05) is 22.6 Å². The predicted octanol–water partition coefficient (Wildman–Crippen LogP) is 3.59. The number of aromatic nitrogens is 1. The number of hydrogen-bond acceptors (Lipinski definition) is 5. The Kier molecular flexibility index (Phi) is 8.25. The van der Waals surface area contributed by atoms with Crippen molar-refractivity contribution in [2.24, 2.45) is 0 Å². The molecule has 1 aromatic heterocycles. The Labute approximate surface area is 117 Å². The summed E-state index contributed by atoms with van der Waals surface area (Å²) in [5.74, 6) is 1.74. The van der Waals surface area contributed by atoms with Gasteiger partial charge in [-0.05, 0) is 12.1 Å². The lowest BCUT2D eigenvalue weighted by Crippen LogP contribution is -1.94. The summed E-state index contributed by atoms with van der Waals surface area (Å²) in [6, 6.07) is 4.02. The van der Waals surface area contributed by atoms with Gasteiger partial charge in [0.2, 0.25) is 0 Å². The summed E-state index contributed by atoms with van der Waals surface area (Å²) < 4.78 is 10.2. The third-order valence-corrected chi connectivity index (χ3v) is 3.98. The summed E-state index contributed by atoms with van der Waals surface area (Å²) in [6.45, 7) is 8.33. The topological polar surface area (TPSA) is 31.4 Å². The highest BCUT2D eigenvalue weighted by Crippen LogP contribution is 2.28. The molecule has 0 N–H and O–H groups in total. The van der Waals surface area contributed by atoms with Crippen LogP contribution >= 0.6 is 23.5 Å². The van der Waals surface area contributed by atoms with E-state index in [2.05, 4.69) is 24.2 Å². The molecule has 0 aliphatic carbocycles. The molecule has 1 rings (SSSR count). The fraction of sp³-hybridized carbons (Fsp3) is 0.308. The van der Waals surface area contributed by atoms with Crippen molar-refractivity contribution in [1.82, 2.24) is 4.98 Å². The van der Waals surface area contributed by atoms with Gasteiger partial charge in [-0.3, -0.25) is 0 Å². The molecule has 0 amide bonds. The molecule has 18 heavy (non-hydrogen) atoms. The molecule has 0 atom stereocenters. The number of thioether (sulfide) groups is 2. The van der Waals surface area contributed by atoms with Gasteiger partial charge < -0.3 is 9.47 Å². The van der Waals surface area contributed by atoms with Crippen molar-refractivity contribution in [2.75, 3.05) is 24.7 Å². The summed E-state index contributed by atoms with van der Waals surface area (Å²) in [6.07, 6.45) is 4.73. The summed E-state index contributed by atoms with van der Waals surface area (Å²) in [7, 11) is 0. The second kappa shape index (κ2) is 9.91. The molecule has 3 nitrogen and oxygen atoms in total. The number of ether oxygens (including phenoxy) is 2. The van der Waals surface area contributed by atoms with E-state index in [1.54, 1.807) is 29.7 Å². The van der Waals surface area contributed by atoms with Crippen molar-refractivity contribution in [3.63, 3.8) is 0 Å². The van der Waals surface area contributed by atoms with E-state index in [-0.39, 0.29) is 0 Å². The Balaban J connectivity index is 2.40. The molecule has 0 aliphatic heterocycles. The number of nitrogens with zero attached hydrogens (tertiary/aromatic N) is 1. The third-order valence-electron chi connectivity index (χ3n) is 1.87. The van der Waals surface area contributed by atoms with Crippen molar-refractivity contribution >= 4 is 23.5 Å². The second-order valence-electron chi connectivity index (χ2n) is 3.08. The van der Waals surface area contributed by atoms with Gasteiger partial charge in [-0.1, -0.05) is 13.2 Å². The fourth-order valence-electron chi connectivity index (χ4n) is 1.15. The van der Waals surface area contributed by atoms with Crippen LogP contribution in [0.3, 0.4) is 0 Å². The zero-order valence-electron chi connectivity index (χ0n) is 10.2. The van der Waals surface area contributed by atoms with Gasteiger partial charge in [0.1, 0.15) is 5.03 Å². The summed E-state index contributed by atoms with van der Waals surface area (Å²) >= 11 is 3.42. The monoisotopic (exact) mass is 283 g/mol. The Morgan fingerprint density at radius 2 is 1.78 bits per heavy atom. The summed E-state index contributed by atoms with van der Waals surface area (Å²) in [5, 5.41) is 1.04. The van der Waals surface area contributed by atoms with Gasteiger partial charge in [-0.2, -0.15) is 0 Å². The van der Waals surface area contributed by atoms with Crippen LogP contribution in [0.25, 0.3) is 0 Å². The van der Waals surface area contributed by atoms with Crippen LogP contribution in [0.2, 0.25) is 0 Å². The van der Waals surface area contributed by atoms with Crippen LogP contribution in [0.15, 0.2) is 53.9 Å². The zero-order chi connectivity index (χ0) is 13.1. The number of pyridine rings is 1. The van der Waals surface area contributed by atoms with Gasteiger partial charge in [-0.15, -0.1) is 23.5 Å². The van der Waals surface area contributed by atoms with E-state index in [1.165, 1.54) is 17.4 Å². The molecule has 0 radical (unpaired) electrons. The first-order chi connectivity index (χ1) is 8.88. The molecule has 0 spiro atoms. The van der Waals surface area contributed by atoms with Crippen LogP contribution in [0, 0.1) is 0 Å². The molecule has 0 unspecified atom stereocenters.